The third-order valence-corrected chi connectivity index (χ3v) is 4.33. The van der Waals surface area contributed by atoms with Crippen LogP contribution in [0.5, 0.6) is 0 Å². The number of nitrogen functional groups attached to an aromatic ring is 1. The van der Waals surface area contributed by atoms with Crippen molar-refractivity contribution < 1.29 is 9.66 Å². The quantitative estimate of drug-likeness (QED) is 0.585. The van der Waals surface area contributed by atoms with Crippen molar-refractivity contribution in [1.82, 2.24) is 9.97 Å². The largest absolute Gasteiger partial charge is 0.378 e. The van der Waals surface area contributed by atoms with Gasteiger partial charge >= 0.3 is 5.69 Å². The highest BCUT2D eigenvalue weighted by atomic mass is 16.6. The van der Waals surface area contributed by atoms with Gasteiger partial charge in [0.05, 0.1) is 17.1 Å². The van der Waals surface area contributed by atoms with Gasteiger partial charge in [0.25, 0.3) is 0 Å². The molecular formula is C18H24N6O3. The molecular weight excluding hydrogens is 348 g/mol. The molecule has 0 saturated carbocycles. The molecule has 1 aliphatic heterocycles. The summed E-state index contributed by atoms with van der Waals surface area (Å²) >= 11 is 0. The minimum atomic E-state index is -0.525. The van der Waals surface area contributed by atoms with Crippen LogP contribution in [0, 0.1) is 10.1 Å². The van der Waals surface area contributed by atoms with E-state index in [2.05, 4.69) is 15.3 Å². The zero-order valence-electron chi connectivity index (χ0n) is 15.5. The first-order valence-corrected chi connectivity index (χ1v) is 8.94. The van der Waals surface area contributed by atoms with E-state index in [1.165, 1.54) is 5.56 Å². The number of aromatic nitrogens is 2. The lowest BCUT2D eigenvalue weighted by atomic mass is 10.1. The number of nitrogens with two attached hydrogens (primary N) is 1. The molecule has 1 fully saturated rings. The van der Waals surface area contributed by atoms with Crippen LogP contribution in [-0.4, -0.2) is 46.7 Å². The van der Waals surface area contributed by atoms with Gasteiger partial charge in [-0.2, -0.15) is 9.97 Å². The predicted molar refractivity (Wildman–Crippen MR) is 104 cm³/mol. The Morgan fingerprint density at radius 2 is 1.93 bits per heavy atom. The number of benzene rings is 1. The summed E-state index contributed by atoms with van der Waals surface area (Å²) in [6.07, 6.45) is 0.667. The van der Waals surface area contributed by atoms with Crippen LogP contribution < -0.4 is 16.0 Å². The van der Waals surface area contributed by atoms with Gasteiger partial charge in [0.15, 0.2) is 0 Å². The molecule has 0 unspecified atom stereocenters. The van der Waals surface area contributed by atoms with Crippen molar-refractivity contribution in [3.63, 3.8) is 0 Å². The van der Waals surface area contributed by atoms with E-state index in [0.29, 0.717) is 19.6 Å². The SMILES string of the molecule is C[C@@H]1CN(c2nc(NCCc3ccccc3)nc(N)c2[N+](=O)[O-])C[C@H](C)O1. The molecule has 9 heteroatoms. The molecule has 1 saturated heterocycles. The van der Waals surface area contributed by atoms with E-state index < -0.39 is 4.92 Å². The van der Waals surface area contributed by atoms with Gasteiger partial charge in [-0.05, 0) is 25.8 Å². The first-order chi connectivity index (χ1) is 12.9. The molecule has 1 aromatic carbocycles. The minimum absolute atomic E-state index is 0.0565. The molecule has 9 nitrogen and oxygen atoms in total. The monoisotopic (exact) mass is 372 g/mol. The number of hydrogen-bond acceptors (Lipinski definition) is 8. The summed E-state index contributed by atoms with van der Waals surface area (Å²) < 4.78 is 5.71. The summed E-state index contributed by atoms with van der Waals surface area (Å²) in [4.78, 5) is 21.3. The van der Waals surface area contributed by atoms with Gasteiger partial charge in [-0.3, -0.25) is 10.1 Å². The van der Waals surface area contributed by atoms with E-state index in [-0.39, 0.29) is 35.5 Å². The smallest absolute Gasteiger partial charge is 0.353 e. The van der Waals surface area contributed by atoms with Crippen LogP contribution >= 0.6 is 0 Å². The molecule has 144 valence electrons. The highest BCUT2D eigenvalue weighted by Crippen LogP contribution is 2.33. The molecule has 0 aliphatic carbocycles. The topological polar surface area (TPSA) is 119 Å². The van der Waals surface area contributed by atoms with Crippen molar-refractivity contribution in [2.24, 2.45) is 0 Å². The number of ether oxygens (including phenoxy) is 1. The molecule has 1 aliphatic rings. The van der Waals surface area contributed by atoms with Gasteiger partial charge in [0.2, 0.25) is 17.6 Å². The second-order valence-electron chi connectivity index (χ2n) is 6.69. The van der Waals surface area contributed by atoms with Crippen molar-refractivity contribution >= 4 is 23.3 Å². The Bertz CT molecular complexity index is 791. The third-order valence-electron chi connectivity index (χ3n) is 4.33. The Morgan fingerprint density at radius 1 is 1.26 bits per heavy atom. The Labute approximate surface area is 157 Å². The maximum atomic E-state index is 11.5. The maximum absolute atomic E-state index is 11.5. The van der Waals surface area contributed by atoms with Gasteiger partial charge in [-0.25, -0.2) is 0 Å². The van der Waals surface area contributed by atoms with E-state index in [9.17, 15) is 10.1 Å². The van der Waals surface area contributed by atoms with Crippen LogP contribution in [0.3, 0.4) is 0 Å². The lowest BCUT2D eigenvalue weighted by Crippen LogP contribution is -2.46. The van der Waals surface area contributed by atoms with Gasteiger partial charge in [-0.15, -0.1) is 0 Å². The number of nitrogens with one attached hydrogen (secondary N) is 1. The average Bonchev–Trinajstić information content (AvgIpc) is 2.61. The molecule has 2 atom stereocenters. The molecule has 1 aromatic heterocycles. The number of nitrogens with zero attached hydrogens (tertiary/aromatic N) is 4. The number of nitro groups is 1. The number of rotatable bonds is 6. The van der Waals surface area contributed by atoms with E-state index in [4.69, 9.17) is 10.5 Å². The zero-order chi connectivity index (χ0) is 19.4. The van der Waals surface area contributed by atoms with Gasteiger partial charge < -0.3 is 20.7 Å². The lowest BCUT2D eigenvalue weighted by molar-refractivity contribution is -0.383. The Morgan fingerprint density at radius 3 is 2.56 bits per heavy atom. The van der Waals surface area contributed by atoms with Crippen LogP contribution in [0.25, 0.3) is 0 Å². The highest BCUT2D eigenvalue weighted by Gasteiger charge is 2.32. The molecule has 0 radical (unpaired) electrons. The Kier molecular flexibility index (Phi) is 5.70. The second-order valence-corrected chi connectivity index (χ2v) is 6.69. The number of hydrogen-bond donors (Lipinski definition) is 2. The van der Waals surface area contributed by atoms with E-state index in [1.807, 2.05) is 49.1 Å². The maximum Gasteiger partial charge on any atom is 0.353 e. The summed E-state index contributed by atoms with van der Waals surface area (Å²) in [5, 5.41) is 14.6. The summed E-state index contributed by atoms with van der Waals surface area (Å²) in [7, 11) is 0. The van der Waals surface area contributed by atoms with Crippen LogP contribution in [0.4, 0.5) is 23.3 Å². The minimum Gasteiger partial charge on any atom is -0.378 e. The van der Waals surface area contributed by atoms with Crippen molar-refractivity contribution in [2.75, 3.05) is 35.6 Å². The molecule has 2 aromatic rings. The van der Waals surface area contributed by atoms with Crippen molar-refractivity contribution in [2.45, 2.75) is 32.5 Å². The first kappa shape index (κ1) is 18.8. The average molecular weight is 372 g/mol. The summed E-state index contributed by atoms with van der Waals surface area (Å²) in [5.74, 6) is 0.381. The second kappa shape index (κ2) is 8.17. The first-order valence-electron chi connectivity index (χ1n) is 8.94. The fourth-order valence-corrected chi connectivity index (χ4v) is 3.25. The molecule has 0 bridgehead atoms. The molecule has 3 N–H and O–H groups in total. The normalized spacial score (nSPS) is 19.7. The number of anilines is 3. The summed E-state index contributed by atoms with van der Waals surface area (Å²) in [6, 6.07) is 10.0. The van der Waals surface area contributed by atoms with E-state index >= 15 is 0 Å². The molecule has 3 rings (SSSR count). The lowest BCUT2D eigenvalue weighted by Gasteiger charge is -2.35. The van der Waals surface area contributed by atoms with Gasteiger partial charge in [0, 0.05) is 19.6 Å². The van der Waals surface area contributed by atoms with Gasteiger partial charge in [0.1, 0.15) is 0 Å². The van der Waals surface area contributed by atoms with Crippen LogP contribution in [0.15, 0.2) is 30.3 Å². The van der Waals surface area contributed by atoms with Crippen molar-refractivity contribution in [3.8, 4) is 0 Å². The van der Waals surface area contributed by atoms with Gasteiger partial charge in [-0.1, -0.05) is 30.3 Å². The van der Waals surface area contributed by atoms with Crippen LogP contribution in [0.2, 0.25) is 0 Å². The standard InChI is InChI=1S/C18H24N6O3/c1-12-10-23(11-13(2)27-12)17-15(24(25)26)16(19)21-18(22-17)20-9-8-14-6-4-3-5-7-14/h3-7,12-13H,8-11H2,1-2H3,(H3,19,20,21,22)/t12-,13+. The molecule has 27 heavy (non-hydrogen) atoms. The predicted octanol–water partition coefficient (Wildman–Crippen LogP) is 2.24. The third kappa shape index (κ3) is 4.62. The van der Waals surface area contributed by atoms with E-state index in [1.54, 1.807) is 0 Å². The van der Waals surface area contributed by atoms with E-state index in [0.717, 1.165) is 6.42 Å². The highest BCUT2D eigenvalue weighted by molar-refractivity contribution is 5.71. The van der Waals surface area contributed by atoms with Crippen LogP contribution in [0.1, 0.15) is 19.4 Å². The summed E-state index contributed by atoms with van der Waals surface area (Å²) in [6.45, 7) is 5.46. The Hall–Kier alpha value is -2.94. The molecule has 0 spiro atoms. The summed E-state index contributed by atoms with van der Waals surface area (Å²) in [5.41, 5.74) is 6.81. The number of morpholine rings is 1. The zero-order valence-corrected chi connectivity index (χ0v) is 15.5. The van der Waals surface area contributed by atoms with Crippen molar-refractivity contribution in [1.29, 1.82) is 0 Å². The fourth-order valence-electron chi connectivity index (χ4n) is 3.25. The Balaban J connectivity index is 1.81. The molecule has 2 heterocycles. The fraction of sp³-hybridized carbons (Fsp3) is 0.444. The molecule has 0 amide bonds. The van der Waals surface area contributed by atoms with Crippen LogP contribution in [-0.2, 0) is 11.2 Å². The van der Waals surface area contributed by atoms with Crippen molar-refractivity contribution in [3.05, 3.63) is 46.0 Å².